The van der Waals surface area contributed by atoms with E-state index in [0.29, 0.717) is 12.0 Å². The molecule has 0 aliphatic carbocycles. The Hall–Kier alpha value is -0.120. The third-order valence-corrected chi connectivity index (χ3v) is 3.77. The van der Waals surface area contributed by atoms with E-state index in [1.54, 1.807) is 0 Å². The Bertz CT molecular complexity index is 209. The second kappa shape index (κ2) is 8.89. The zero-order valence-electron chi connectivity index (χ0n) is 12.7. The molecule has 0 amide bonds. The minimum absolute atomic E-state index is 0.653. The lowest BCUT2D eigenvalue weighted by atomic mass is 9.95. The number of rotatable bonds is 8. The molecule has 108 valence electrons. The molecule has 0 bridgehead atoms. The number of hydrogen-bond donors (Lipinski definition) is 1. The molecule has 1 rings (SSSR count). The lowest BCUT2D eigenvalue weighted by Crippen LogP contribution is -2.47. The molecule has 1 fully saturated rings. The normalized spacial score (nSPS) is 25.0. The molecule has 2 unspecified atom stereocenters. The summed E-state index contributed by atoms with van der Waals surface area (Å²) in [6.07, 6.45) is 3.67. The van der Waals surface area contributed by atoms with Gasteiger partial charge in [0, 0.05) is 25.1 Å². The van der Waals surface area contributed by atoms with E-state index in [4.69, 9.17) is 4.74 Å². The Kier molecular flexibility index (Phi) is 7.87. The summed E-state index contributed by atoms with van der Waals surface area (Å²) in [4.78, 5) is 2.47. The van der Waals surface area contributed by atoms with Gasteiger partial charge in [0.1, 0.15) is 0 Å². The summed E-state index contributed by atoms with van der Waals surface area (Å²) >= 11 is 0. The zero-order chi connectivity index (χ0) is 13.4. The summed E-state index contributed by atoms with van der Waals surface area (Å²) < 4.78 is 5.65. The van der Waals surface area contributed by atoms with Crippen LogP contribution in [0.2, 0.25) is 0 Å². The maximum absolute atomic E-state index is 5.65. The number of ether oxygens (including phenoxy) is 1. The van der Waals surface area contributed by atoms with E-state index in [0.717, 1.165) is 32.2 Å². The van der Waals surface area contributed by atoms with E-state index >= 15 is 0 Å². The fraction of sp³-hybridized carbons (Fsp3) is 1.00. The van der Waals surface area contributed by atoms with Gasteiger partial charge in [-0.3, -0.25) is 0 Å². The van der Waals surface area contributed by atoms with Gasteiger partial charge >= 0.3 is 0 Å². The van der Waals surface area contributed by atoms with Crippen LogP contribution in [-0.4, -0.2) is 50.8 Å². The van der Waals surface area contributed by atoms with Gasteiger partial charge < -0.3 is 15.0 Å². The fourth-order valence-electron chi connectivity index (χ4n) is 2.55. The molecule has 0 aromatic heterocycles. The summed E-state index contributed by atoms with van der Waals surface area (Å²) in [5, 5.41) is 3.68. The van der Waals surface area contributed by atoms with Crippen molar-refractivity contribution in [1.82, 2.24) is 10.2 Å². The average Bonchev–Trinajstić information content (AvgIpc) is 2.35. The molecule has 0 saturated carbocycles. The largest absolute Gasteiger partial charge is 0.381 e. The summed E-state index contributed by atoms with van der Waals surface area (Å²) in [7, 11) is 2.24. The monoisotopic (exact) mass is 256 g/mol. The van der Waals surface area contributed by atoms with Gasteiger partial charge in [-0.05, 0) is 45.3 Å². The second-order valence-corrected chi connectivity index (χ2v) is 6.13. The number of nitrogens with zero attached hydrogens (tertiary/aromatic N) is 1. The molecule has 1 aliphatic rings. The zero-order valence-corrected chi connectivity index (χ0v) is 12.7. The van der Waals surface area contributed by atoms with E-state index in [1.807, 2.05) is 0 Å². The van der Waals surface area contributed by atoms with Crippen LogP contribution in [0, 0.1) is 11.8 Å². The quantitative estimate of drug-likeness (QED) is 0.721. The number of nitrogens with one attached hydrogen (secondary N) is 1. The Labute approximate surface area is 113 Å². The highest BCUT2D eigenvalue weighted by molar-refractivity contribution is 4.81. The Morgan fingerprint density at radius 2 is 2.17 bits per heavy atom. The van der Waals surface area contributed by atoms with Gasteiger partial charge in [0.15, 0.2) is 0 Å². The predicted molar refractivity (Wildman–Crippen MR) is 78.0 cm³/mol. The Morgan fingerprint density at radius 1 is 1.39 bits per heavy atom. The van der Waals surface area contributed by atoms with Gasteiger partial charge in [-0.1, -0.05) is 20.8 Å². The molecular formula is C15H32N2O. The predicted octanol–water partition coefficient (Wildman–Crippen LogP) is 2.37. The Morgan fingerprint density at radius 3 is 2.83 bits per heavy atom. The van der Waals surface area contributed by atoms with Gasteiger partial charge in [0.25, 0.3) is 0 Å². The van der Waals surface area contributed by atoms with Crippen LogP contribution >= 0.6 is 0 Å². The number of hydrogen-bond acceptors (Lipinski definition) is 3. The minimum atomic E-state index is 0.653. The van der Waals surface area contributed by atoms with Crippen molar-refractivity contribution in [3.05, 3.63) is 0 Å². The van der Waals surface area contributed by atoms with Gasteiger partial charge in [0.2, 0.25) is 0 Å². The summed E-state index contributed by atoms with van der Waals surface area (Å²) in [5.74, 6) is 1.45. The molecule has 0 aromatic rings. The summed E-state index contributed by atoms with van der Waals surface area (Å²) in [6, 6.07) is 0.653. The molecule has 3 nitrogen and oxygen atoms in total. The van der Waals surface area contributed by atoms with Crippen molar-refractivity contribution in [2.45, 2.75) is 46.1 Å². The van der Waals surface area contributed by atoms with Gasteiger partial charge in [-0.15, -0.1) is 0 Å². The molecule has 1 saturated heterocycles. The van der Waals surface area contributed by atoms with Crippen molar-refractivity contribution < 1.29 is 4.74 Å². The lowest BCUT2D eigenvalue weighted by Gasteiger charge is -2.35. The first-order chi connectivity index (χ1) is 8.63. The van der Waals surface area contributed by atoms with Crippen molar-refractivity contribution in [3.8, 4) is 0 Å². The summed E-state index contributed by atoms with van der Waals surface area (Å²) in [6.45, 7) is 12.2. The van der Waals surface area contributed by atoms with Crippen LogP contribution in [0.3, 0.4) is 0 Å². The first-order valence-corrected chi connectivity index (χ1v) is 7.63. The smallest absolute Gasteiger partial charge is 0.0521 e. The molecule has 3 heteroatoms. The molecule has 1 aliphatic heterocycles. The fourth-order valence-corrected chi connectivity index (χ4v) is 2.55. The third kappa shape index (κ3) is 6.17. The van der Waals surface area contributed by atoms with Crippen molar-refractivity contribution in [1.29, 1.82) is 0 Å². The van der Waals surface area contributed by atoms with Crippen LogP contribution in [0.5, 0.6) is 0 Å². The van der Waals surface area contributed by atoms with Crippen LogP contribution < -0.4 is 5.32 Å². The van der Waals surface area contributed by atoms with E-state index in [2.05, 4.69) is 38.0 Å². The van der Waals surface area contributed by atoms with Crippen molar-refractivity contribution >= 4 is 0 Å². The second-order valence-electron chi connectivity index (χ2n) is 6.13. The first kappa shape index (κ1) is 15.9. The van der Waals surface area contributed by atoms with Crippen LogP contribution in [0.15, 0.2) is 0 Å². The van der Waals surface area contributed by atoms with E-state index in [1.165, 1.54) is 25.8 Å². The maximum Gasteiger partial charge on any atom is 0.0521 e. The van der Waals surface area contributed by atoms with Crippen LogP contribution in [0.4, 0.5) is 0 Å². The van der Waals surface area contributed by atoms with Crippen molar-refractivity contribution in [2.75, 3.05) is 39.9 Å². The highest BCUT2D eigenvalue weighted by atomic mass is 16.5. The molecule has 2 atom stereocenters. The highest BCUT2D eigenvalue weighted by Crippen LogP contribution is 2.16. The molecule has 0 spiro atoms. The maximum atomic E-state index is 5.65. The van der Waals surface area contributed by atoms with Crippen LogP contribution in [0.25, 0.3) is 0 Å². The average molecular weight is 256 g/mol. The standard InChI is InChI=1S/C15H32N2O/c1-5-8-16-15-7-10-18-12-14(15)11-17(4)9-6-13(2)3/h13-16H,5-12H2,1-4H3. The van der Waals surface area contributed by atoms with Crippen LogP contribution in [-0.2, 0) is 4.74 Å². The SMILES string of the molecule is CCCNC1CCOCC1CN(C)CCC(C)C. The third-order valence-electron chi connectivity index (χ3n) is 3.77. The molecule has 1 N–H and O–H groups in total. The molecule has 0 radical (unpaired) electrons. The molecule has 0 aromatic carbocycles. The highest BCUT2D eigenvalue weighted by Gasteiger charge is 2.26. The molecule has 18 heavy (non-hydrogen) atoms. The van der Waals surface area contributed by atoms with E-state index < -0.39 is 0 Å². The van der Waals surface area contributed by atoms with E-state index in [-0.39, 0.29) is 0 Å². The van der Waals surface area contributed by atoms with Crippen molar-refractivity contribution in [2.24, 2.45) is 11.8 Å². The topological polar surface area (TPSA) is 24.5 Å². The minimum Gasteiger partial charge on any atom is -0.381 e. The molecular weight excluding hydrogens is 224 g/mol. The Balaban J connectivity index is 2.31. The summed E-state index contributed by atoms with van der Waals surface area (Å²) in [5.41, 5.74) is 0. The van der Waals surface area contributed by atoms with Gasteiger partial charge in [-0.2, -0.15) is 0 Å². The lowest BCUT2D eigenvalue weighted by molar-refractivity contribution is 0.0194. The van der Waals surface area contributed by atoms with Gasteiger partial charge in [0.05, 0.1) is 6.61 Å². The van der Waals surface area contributed by atoms with Gasteiger partial charge in [-0.25, -0.2) is 0 Å². The molecule has 1 heterocycles. The van der Waals surface area contributed by atoms with Crippen LogP contribution in [0.1, 0.15) is 40.0 Å². The first-order valence-electron chi connectivity index (χ1n) is 7.63. The van der Waals surface area contributed by atoms with E-state index in [9.17, 15) is 0 Å². The van der Waals surface area contributed by atoms with Crippen molar-refractivity contribution in [3.63, 3.8) is 0 Å².